The number of nitrogens with one attached hydrogen (secondary N) is 1. The van der Waals surface area contributed by atoms with Crippen LogP contribution >= 0.6 is 53.3 Å². The molecule has 2 aromatic carbocycles. The van der Waals surface area contributed by atoms with Crippen molar-refractivity contribution in [2.75, 3.05) is 46.0 Å². The minimum Gasteiger partial charge on any atom is -0.496 e. The van der Waals surface area contributed by atoms with Gasteiger partial charge in [0.25, 0.3) is 11.1 Å². The first-order valence-electron chi connectivity index (χ1n) is 33.7. The summed E-state index contributed by atoms with van der Waals surface area (Å²) in [6.07, 6.45) is 12.1. The summed E-state index contributed by atoms with van der Waals surface area (Å²) in [6.45, 7) is 36.7. The van der Waals surface area contributed by atoms with Crippen molar-refractivity contribution in [3.63, 3.8) is 0 Å². The highest BCUT2D eigenvalue weighted by Gasteiger charge is 2.41. The molecule has 0 bridgehead atoms. The molecule has 0 radical (unpaired) electrons. The number of fused-ring (bicyclic) bond motifs is 2. The van der Waals surface area contributed by atoms with E-state index in [2.05, 4.69) is 149 Å². The van der Waals surface area contributed by atoms with Crippen molar-refractivity contribution in [1.82, 2.24) is 19.1 Å². The van der Waals surface area contributed by atoms with E-state index in [9.17, 15) is 24.3 Å². The number of rotatable bonds is 13. The number of methoxy groups -OCH3 is 2. The van der Waals surface area contributed by atoms with Crippen molar-refractivity contribution in [3.8, 4) is 22.6 Å². The van der Waals surface area contributed by atoms with Crippen molar-refractivity contribution in [3.05, 3.63) is 114 Å². The molecule has 95 heavy (non-hydrogen) atoms. The van der Waals surface area contributed by atoms with Gasteiger partial charge >= 0.3 is 0 Å². The zero-order chi connectivity index (χ0) is 70.7. The van der Waals surface area contributed by atoms with Crippen molar-refractivity contribution in [1.29, 1.82) is 0 Å². The average Bonchev–Trinajstić information content (AvgIpc) is 1.36. The topological polar surface area (TPSA) is 219 Å². The van der Waals surface area contributed by atoms with Crippen LogP contribution in [0.5, 0.6) is 11.5 Å². The number of halogens is 1. The van der Waals surface area contributed by atoms with Gasteiger partial charge in [-0.3, -0.25) is 19.2 Å². The first kappa shape index (κ1) is 80.1. The molecule has 10 rings (SSSR count). The fourth-order valence-electron chi connectivity index (χ4n) is 13.9. The van der Waals surface area contributed by atoms with Gasteiger partial charge in [-0.05, 0) is 153 Å². The quantitative estimate of drug-likeness (QED) is 0.0480. The largest absolute Gasteiger partial charge is 0.496 e. The molecule has 524 valence electrons. The number of hydrogen-bond acceptors (Lipinski definition) is 14. The van der Waals surface area contributed by atoms with Crippen molar-refractivity contribution in [2.45, 2.75) is 239 Å². The Hall–Kier alpha value is -3.86. The van der Waals surface area contributed by atoms with E-state index in [0.717, 1.165) is 91.1 Å². The van der Waals surface area contributed by atoms with Gasteiger partial charge in [-0.2, -0.15) is 0 Å². The molecule has 22 heteroatoms. The molecular weight excluding hydrogens is 1310 g/mol. The molecule has 2 aliphatic carbocycles. The number of nitrogens with two attached hydrogens (primary N) is 1. The SMILES string of the molecule is CC(=O)c1c(C)c2cnc(Cl)cc2n(C2CCCC2)c1=O.CC(=O)c1c(C)c2cnc(N[C@@H]3CCOC[C@H]3O)cc2n(C2CCCC2)c1=O.COc1ccc(OC)c(P(C(C)(C)C)C(C)(C)C)c1-c1c(C(C)C)cc(C(C)C)cc1C(C)C.N[C@@H]1CCOC[C@H]1O.PP(P)P. The van der Waals surface area contributed by atoms with Gasteiger partial charge in [0, 0.05) is 71.4 Å². The fourth-order valence-corrected chi connectivity index (χ4v) is 18.3. The molecule has 3 unspecified atom stereocenters. The van der Waals surface area contributed by atoms with Crippen LogP contribution < -0.4 is 36.9 Å². The summed E-state index contributed by atoms with van der Waals surface area (Å²) in [7, 11) is 10.9. The predicted octanol–water partition coefficient (Wildman–Crippen LogP) is 16.6. The number of aliphatic hydroxyl groups excluding tert-OH is 2. The number of benzene rings is 2. The van der Waals surface area contributed by atoms with Crippen LogP contribution in [0.4, 0.5) is 5.82 Å². The molecule has 4 fully saturated rings. The maximum atomic E-state index is 13.2. The van der Waals surface area contributed by atoms with Crippen LogP contribution in [0.25, 0.3) is 32.9 Å². The van der Waals surface area contributed by atoms with Gasteiger partial charge in [-0.1, -0.05) is 140 Å². The van der Waals surface area contributed by atoms with E-state index in [1.54, 1.807) is 41.6 Å². The molecule has 0 spiro atoms. The van der Waals surface area contributed by atoms with Gasteiger partial charge in [0.15, 0.2) is 11.6 Å². The van der Waals surface area contributed by atoms with Gasteiger partial charge in [-0.25, -0.2) is 9.97 Å². The summed E-state index contributed by atoms with van der Waals surface area (Å²) in [5.41, 5.74) is 15.4. The smallest absolute Gasteiger partial charge is 0.262 e. The second-order valence-electron chi connectivity index (χ2n) is 28.6. The van der Waals surface area contributed by atoms with Crippen LogP contribution in [0.1, 0.15) is 240 Å². The van der Waals surface area contributed by atoms with Crippen LogP contribution in [0.3, 0.4) is 0 Å². The Morgan fingerprint density at radius 2 is 1.09 bits per heavy atom. The Labute approximate surface area is 579 Å². The third-order valence-electron chi connectivity index (χ3n) is 18.3. The maximum Gasteiger partial charge on any atom is 0.262 e. The summed E-state index contributed by atoms with van der Waals surface area (Å²) >= 11 is 6.01. The molecule has 4 aromatic heterocycles. The number of Topliss-reactive ketones (excluding diaryl/α,β-unsaturated/α-hetero) is 2. The summed E-state index contributed by atoms with van der Waals surface area (Å²) in [6, 6.07) is 12.8. The highest BCUT2D eigenvalue weighted by atomic mass is 35.5. The Bertz CT molecular complexity index is 3680. The fraction of sp³-hybridized carbons (Fsp3) is 0.589. The van der Waals surface area contributed by atoms with Gasteiger partial charge in [0.1, 0.15) is 22.5 Å². The number of pyridine rings is 4. The second kappa shape index (κ2) is 35.5. The lowest BCUT2D eigenvalue weighted by Gasteiger charge is -2.43. The van der Waals surface area contributed by atoms with Crippen LogP contribution in [0, 0.1) is 13.8 Å². The molecule has 5 N–H and O–H groups in total. The minimum atomic E-state index is -0.619. The third-order valence-corrected chi connectivity index (χ3v) is 22.1. The number of anilines is 1. The Morgan fingerprint density at radius 1 is 0.663 bits per heavy atom. The number of aromatic nitrogens is 4. The first-order chi connectivity index (χ1) is 44.6. The average molecular weight is 1420 g/mol. The van der Waals surface area contributed by atoms with E-state index < -0.39 is 20.1 Å². The van der Waals surface area contributed by atoms with E-state index >= 15 is 0 Å². The van der Waals surface area contributed by atoms with E-state index in [4.69, 9.17) is 41.4 Å². The van der Waals surface area contributed by atoms with Crippen LogP contribution in [-0.4, -0.2) is 116 Å². The third kappa shape index (κ3) is 20.0. The lowest BCUT2D eigenvalue weighted by atomic mass is 9.81. The normalized spacial score (nSPS) is 18.7. The number of ether oxygens (including phenoxy) is 4. The first-order valence-corrected chi connectivity index (χ1v) is 41.6. The summed E-state index contributed by atoms with van der Waals surface area (Å²) < 4.78 is 26.0. The maximum absolute atomic E-state index is 13.2. The Kier molecular flexibility index (Phi) is 29.9. The van der Waals surface area contributed by atoms with Crippen LogP contribution in [-0.2, 0) is 9.47 Å². The summed E-state index contributed by atoms with van der Waals surface area (Å²) in [4.78, 5) is 58.7. The lowest BCUT2D eigenvalue weighted by Crippen LogP contribution is -2.42. The number of carbonyl (C=O) groups is 2. The van der Waals surface area contributed by atoms with Crippen molar-refractivity contribution >= 4 is 97.8 Å². The molecule has 2 saturated heterocycles. The molecule has 4 aliphatic rings. The van der Waals surface area contributed by atoms with Gasteiger partial charge in [0.2, 0.25) is 0 Å². The van der Waals surface area contributed by atoms with Crippen molar-refractivity contribution in [2.24, 2.45) is 5.73 Å². The molecule has 2 saturated carbocycles. The van der Waals surface area contributed by atoms with E-state index in [1.165, 1.54) is 47.0 Å². The monoisotopic (exact) mass is 1420 g/mol. The van der Waals surface area contributed by atoms with Crippen molar-refractivity contribution < 1.29 is 38.7 Å². The standard InChI is InChI=1S/C31H49O2P.C21H27N3O4.C16H17ClN2O2.C5H11NO2.H6P4/c1-19(2)22-17-23(20(3)4)27(24(18-22)21(5)6)28-25(32-13)15-16-26(33-14)29(28)34(30(7,8)9)31(10,11)12;1-12-15-10-22-19(23-16-7-8-28-11-18(16)26)9-17(15)24(14-5-3-4-6-14)21(27)20(12)13(2)25;1-9-12-8-18-14(17)7-13(12)19(11-5-3-4-6-11)16(21)15(9)10(2)20;6-4-1-2-8-3-5(4)7;1-4(2)3/h15-21H,1-14H3;9-10,14,16,18,26H,3-8,11H2,1-2H3,(H,22,23);7-8,11H,3-6H2,1-2H3;4-5,7H,1-3,6H2;1-3H2/t;16-,18-;;4-,5-;/m.1.1./s1. The molecule has 2 aliphatic heterocycles. The van der Waals surface area contributed by atoms with Crippen LogP contribution in [0.2, 0.25) is 5.15 Å². The van der Waals surface area contributed by atoms with E-state index in [1.807, 2.05) is 20.1 Å². The second-order valence-corrected chi connectivity index (χ2v) is 44.4. The zero-order valence-electron chi connectivity index (χ0n) is 59.7. The van der Waals surface area contributed by atoms with Gasteiger partial charge in [-0.15, -0.1) is 26.8 Å². The number of nitrogens with zero attached hydrogens (tertiary/aromatic N) is 4. The highest BCUT2D eigenvalue weighted by molar-refractivity contribution is 8.65. The number of aliphatic hydroxyl groups is 2. The summed E-state index contributed by atoms with van der Waals surface area (Å²) in [5, 5.41) is 25.9. The highest BCUT2D eigenvalue weighted by Crippen LogP contribution is 2.63. The molecule has 7 atom stereocenters. The lowest BCUT2D eigenvalue weighted by molar-refractivity contribution is -0.0182. The Balaban J connectivity index is 0.000000210. The van der Waals surface area contributed by atoms with Gasteiger partial charge in [0.05, 0.1) is 67.8 Å². The minimum absolute atomic E-state index is 0.0660. The molecular formula is C73H110ClN6O10P5. The summed E-state index contributed by atoms with van der Waals surface area (Å²) in [5.74, 6) is 3.42. The molecule has 0 amide bonds. The van der Waals surface area contributed by atoms with E-state index in [-0.39, 0.29) is 75.3 Å². The predicted molar refractivity (Wildman–Crippen MR) is 409 cm³/mol. The number of aryl methyl sites for hydroxylation is 2. The molecule has 6 heterocycles. The molecule has 16 nitrogen and oxygen atoms in total. The number of ketones is 2. The van der Waals surface area contributed by atoms with Gasteiger partial charge < -0.3 is 49.3 Å². The zero-order valence-corrected chi connectivity index (χ0v) is 65.8. The Morgan fingerprint density at radius 3 is 1.48 bits per heavy atom. The van der Waals surface area contributed by atoms with Crippen LogP contribution in [0.15, 0.2) is 58.4 Å². The van der Waals surface area contributed by atoms with E-state index in [0.29, 0.717) is 72.7 Å². The molecule has 6 aromatic rings. The number of carbonyl (C=O) groups excluding carboxylic acids is 2. The number of hydrogen-bond donors (Lipinski definition) is 4.